The Bertz CT molecular complexity index is 626. The summed E-state index contributed by atoms with van der Waals surface area (Å²) in [5, 5.41) is 0.871. The van der Waals surface area contributed by atoms with E-state index in [2.05, 4.69) is 4.98 Å². The quantitative estimate of drug-likeness (QED) is 0.761. The van der Waals surface area contributed by atoms with E-state index in [0.29, 0.717) is 12.1 Å². The molecule has 18 heavy (non-hydrogen) atoms. The summed E-state index contributed by atoms with van der Waals surface area (Å²) >= 11 is 0. The second kappa shape index (κ2) is 4.05. The van der Waals surface area contributed by atoms with Gasteiger partial charge in [-0.1, -0.05) is 25.1 Å². The monoisotopic (exact) mass is 244 g/mol. The maximum Gasteiger partial charge on any atom is 0.258 e. The first-order valence-electron chi connectivity index (χ1n) is 6.07. The fraction of sp³-hybridized carbons (Fsp3) is 0.286. The number of hydrogen-bond donors (Lipinski definition) is 0. The molecular weight excluding hydrogens is 231 g/mol. The van der Waals surface area contributed by atoms with Gasteiger partial charge in [-0.25, -0.2) is 9.37 Å². The van der Waals surface area contributed by atoms with Gasteiger partial charge in [0.2, 0.25) is 6.30 Å². The molecule has 1 unspecified atom stereocenters. The molecule has 0 saturated heterocycles. The van der Waals surface area contributed by atoms with Crippen LogP contribution in [0.3, 0.4) is 0 Å². The van der Waals surface area contributed by atoms with Crippen molar-refractivity contribution in [2.24, 2.45) is 0 Å². The second-order valence-corrected chi connectivity index (χ2v) is 4.45. The van der Waals surface area contributed by atoms with E-state index >= 15 is 0 Å². The lowest BCUT2D eigenvalue weighted by atomic mass is 10.1. The summed E-state index contributed by atoms with van der Waals surface area (Å²) in [6, 6.07) is 9.19. The van der Waals surface area contributed by atoms with Crippen LogP contribution in [0.15, 0.2) is 30.3 Å². The van der Waals surface area contributed by atoms with Crippen LogP contribution in [0.5, 0.6) is 0 Å². The van der Waals surface area contributed by atoms with E-state index in [0.717, 1.165) is 17.3 Å². The van der Waals surface area contributed by atoms with Crippen LogP contribution in [0.4, 0.5) is 4.39 Å². The third kappa shape index (κ3) is 1.49. The third-order valence-corrected chi connectivity index (χ3v) is 3.21. The van der Waals surface area contributed by atoms with Gasteiger partial charge in [-0.3, -0.25) is 4.79 Å². The predicted molar refractivity (Wildman–Crippen MR) is 66.9 cm³/mol. The van der Waals surface area contributed by atoms with Crippen molar-refractivity contribution in [2.45, 2.75) is 19.6 Å². The van der Waals surface area contributed by atoms with E-state index in [1.54, 1.807) is 6.07 Å². The molecule has 92 valence electrons. The highest BCUT2D eigenvalue weighted by atomic mass is 19.1. The molecule has 2 aromatic rings. The van der Waals surface area contributed by atoms with Gasteiger partial charge in [-0.05, 0) is 18.6 Å². The summed E-state index contributed by atoms with van der Waals surface area (Å²) in [5.74, 6) is -0.252. The van der Waals surface area contributed by atoms with Gasteiger partial charge in [0, 0.05) is 11.9 Å². The Balaban J connectivity index is 2.16. The van der Waals surface area contributed by atoms with Gasteiger partial charge < -0.3 is 4.90 Å². The highest BCUT2D eigenvalue weighted by Gasteiger charge is 2.37. The zero-order valence-corrected chi connectivity index (χ0v) is 10.1. The largest absolute Gasteiger partial charge is 0.303 e. The summed E-state index contributed by atoms with van der Waals surface area (Å²) in [5.41, 5.74) is 1.38. The molecule has 1 aliphatic heterocycles. The van der Waals surface area contributed by atoms with E-state index < -0.39 is 6.30 Å². The zero-order chi connectivity index (χ0) is 12.7. The summed E-state index contributed by atoms with van der Waals surface area (Å²) in [4.78, 5) is 17.6. The van der Waals surface area contributed by atoms with E-state index in [4.69, 9.17) is 0 Å². The number of pyridine rings is 1. The molecule has 2 heterocycles. The third-order valence-electron chi connectivity index (χ3n) is 3.21. The minimum atomic E-state index is -1.41. The predicted octanol–water partition coefficient (Wildman–Crippen LogP) is 3.07. The molecule has 4 heteroatoms. The number of para-hydroxylation sites is 1. The van der Waals surface area contributed by atoms with Crippen molar-refractivity contribution in [1.29, 1.82) is 0 Å². The van der Waals surface area contributed by atoms with Gasteiger partial charge in [0.25, 0.3) is 5.91 Å². The van der Waals surface area contributed by atoms with Gasteiger partial charge >= 0.3 is 0 Å². The number of benzene rings is 1. The van der Waals surface area contributed by atoms with Crippen molar-refractivity contribution in [3.63, 3.8) is 0 Å². The van der Waals surface area contributed by atoms with Crippen molar-refractivity contribution in [1.82, 2.24) is 9.88 Å². The molecule has 0 radical (unpaired) electrons. The lowest BCUT2D eigenvalue weighted by Crippen LogP contribution is -2.26. The average Bonchev–Trinajstić information content (AvgIpc) is 2.62. The molecule has 3 nitrogen and oxygen atoms in total. The molecule has 0 fully saturated rings. The van der Waals surface area contributed by atoms with E-state index in [1.807, 2.05) is 31.2 Å². The number of rotatable bonds is 2. The SMILES string of the molecule is CCCN1C(=O)c2cc3ccccc3nc2C1F. The molecule has 1 amide bonds. The molecule has 0 N–H and O–H groups in total. The standard InChI is InChI=1S/C14H13FN2O/c1-2-7-17-13(15)12-10(14(17)18)8-9-5-3-4-6-11(9)16-12/h3-6,8,13H,2,7H2,1H3. The number of aromatic nitrogens is 1. The average molecular weight is 244 g/mol. The molecule has 0 spiro atoms. The number of halogens is 1. The van der Waals surface area contributed by atoms with Crippen LogP contribution >= 0.6 is 0 Å². The minimum Gasteiger partial charge on any atom is -0.303 e. The van der Waals surface area contributed by atoms with E-state index in [9.17, 15) is 9.18 Å². The minimum absolute atomic E-state index is 0.252. The van der Waals surface area contributed by atoms with Gasteiger partial charge in [0.15, 0.2) is 0 Å². The van der Waals surface area contributed by atoms with E-state index in [1.165, 1.54) is 4.90 Å². The number of carbonyl (C=O) groups excluding carboxylic acids is 1. The summed E-state index contributed by atoms with van der Waals surface area (Å²) in [6.45, 7) is 2.35. The van der Waals surface area contributed by atoms with Gasteiger partial charge in [0.05, 0.1) is 11.1 Å². The van der Waals surface area contributed by atoms with Gasteiger partial charge in [-0.2, -0.15) is 0 Å². The Morgan fingerprint density at radius 3 is 2.94 bits per heavy atom. The van der Waals surface area contributed by atoms with Crippen LogP contribution in [0.25, 0.3) is 10.9 Å². The topological polar surface area (TPSA) is 33.2 Å². The van der Waals surface area contributed by atoms with Crippen LogP contribution in [-0.4, -0.2) is 22.3 Å². The molecule has 0 aliphatic carbocycles. The second-order valence-electron chi connectivity index (χ2n) is 4.45. The summed E-state index contributed by atoms with van der Waals surface area (Å²) < 4.78 is 14.2. The van der Waals surface area contributed by atoms with Crippen molar-refractivity contribution >= 4 is 16.8 Å². The fourth-order valence-electron chi connectivity index (χ4n) is 2.34. The molecule has 1 aromatic carbocycles. The smallest absolute Gasteiger partial charge is 0.258 e. The first-order valence-corrected chi connectivity index (χ1v) is 6.07. The molecule has 1 aromatic heterocycles. The lowest BCUT2D eigenvalue weighted by Gasteiger charge is -2.17. The highest BCUT2D eigenvalue weighted by molar-refractivity contribution is 6.01. The number of hydrogen-bond acceptors (Lipinski definition) is 2. The van der Waals surface area contributed by atoms with Crippen molar-refractivity contribution in [3.8, 4) is 0 Å². The van der Waals surface area contributed by atoms with Gasteiger partial charge in [-0.15, -0.1) is 0 Å². The molecule has 0 bridgehead atoms. The Hall–Kier alpha value is -1.97. The molecule has 0 saturated carbocycles. The summed E-state index contributed by atoms with van der Waals surface area (Å²) in [7, 11) is 0. The number of amides is 1. The zero-order valence-electron chi connectivity index (χ0n) is 10.1. The maximum atomic E-state index is 14.2. The Labute approximate surface area is 104 Å². The number of alkyl halides is 1. The number of carbonyl (C=O) groups is 1. The Morgan fingerprint density at radius 2 is 2.17 bits per heavy atom. The molecular formula is C14H13FN2O. The van der Waals surface area contributed by atoms with Crippen LogP contribution in [0, 0.1) is 0 Å². The number of nitrogens with zero attached hydrogens (tertiary/aromatic N) is 2. The number of fused-ring (bicyclic) bond motifs is 2. The highest BCUT2D eigenvalue weighted by Crippen LogP contribution is 2.34. The normalized spacial score (nSPS) is 18.4. The van der Waals surface area contributed by atoms with Gasteiger partial charge in [0.1, 0.15) is 5.69 Å². The van der Waals surface area contributed by atoms with Crippen LogP contribution in [0.2, 0.25) is 0 Å². The molecule has 1 atom stereocenters. The van der Waals surface area contributed by atoms with Crippen LogP contribution < -0.4 is 0 Å². The lowest BCUT2D eigenvalue weighted by molar-refractivity contribution is 0.0540. The molecule has 3 rings (SSSR count). The van der Waals surface area contributed by atoms with Crippen LogP contribution in [-0.2, 0) is 0 Å². The summed E-state index contributed by atoms with van der Waals surface area (Å²) in [6.07, 6.45) is -0.670. The van der Waals surface area contributed by atoms with E-state index in [-0.39, 0.29) is 11.6 Å². The maximum absolute atomic E-state index is 14.2. The Kier molecular flexibility index (Phi) is 2.51. The first kappa shape index (κ1) is 11.1. The molecule has 1 aliphatic rings. The Morgan fingerprint density at radius 1 is 1.39 bits per heavy atom. The van der Waals surface area contributed by atoms with Crippen molar-refractivity contribution in [3.05, 3.63) is 41.6 Å². The van der Waals surface area contributed by atoms with Crippen molar-refractivity contribution in [2.75, 3.05) is 6.54 Å². The van der Waals surface area contributed by atoms with Crippen LogP contribution in [0.1, 0.15) is 35.7 Å². The fourth-order valence-corrected chi connectivity index (χ4v) is 2.34. The van der Waals surface area contributed by atoms with Crippen molar-refractivity contribution < 1.29 is 9.18 Å². The first-order chi connectivity index (χ1) is 8.72.